The normalized spacial score (nSPS) is 11.8. The van der Waals surface area contributed by atoms with Gasteiger partial charge in [0.1, 0.15) is 0 Å². The highest BCUT2D eigenvalue weighted by atomic mass is 32.2. The molecule has 0 saturated carbocycles. The average Bonchev–Trinajstić information content (AvgIpc) is 2.89. The summed E-state index contributed by atoms with van der Waals surface area (Å²) in [7, 11) is 0. The van der Waals surface area contributed by atoms with Crippen molar-refractivity contribution in [2.24, 2.45) is 0 Å². The zero-order valence-electron chi connectivity index (χ0n) is 13.3. The Morgan fingerprint density at radius 3 is 2.74 bits per heavy atom. The zero-order chi connectivity index (χ0) is 16.8. The van der Waals surface area contributed by atoms with Gasteiger partial charge in [0.05, 0.1) is 10.9 Å². The van der Waals surface area contributed by atoms with Crippen molar-refractivity contribution in [3.8, 4) is 0 Å². The minimum Gasteiger partial charge on any atom is -0.326 e. The first-order valence-corrected chi connectivity index (χ1v) is 9.01. The van der Waals surface area contributed by atoms with E-state index >= 15 is 0 Å². The number of aromatic nitrogens is 1. The van der Waals surface area contributed by atoms with Crippen molar-refractivity contribution in [1.82, 2.24) is 4.98 Å². The Kier molecular flexibility index (Phi) is 6.18. The Labute approximate surface area is 143 Å². The maximum Gasteiger partial charge on any atom is 0.239 e. The second kappa shape index (κ2) is 8.12. The Hall–Kier alpha value is -1.86. The van der Waals surface area contributed by atoms with Gasteiger partial charge in [-0.15, -0.1) is 23.1 Å². The van der Waals surface area contributed by atoms with Crippen LogP contribution in [0.4, 0.5) is 10.8 Å². The first-order chi connectivity index (χ1) is 11.0. The minimum atomic E-state index is -0.216. The van der Waals surface area contributed by atoms with E-state index in [-0.39, 0.29) is 17.1 Å². The second-order valence-corrected chi connectivity index (χ2v) is 7.14. The molecular weight excluding hydrogens is 330 g/mol. The number of hydrogen-bond acceptors (Lipinski definition) is 5. The summed E-state index contributed by atoms with van der Waals surface area (Å²) in [5, 5.41) is 7.92. The van der Waals surface area contributed by atoms with E-state index in [1.807, 2.05) is 43.5 Å². The molecule has 7 heteroatoms. The number of carbonyl (C=O) groups excluding carboxylic acids is 2. The van der Waals surface area contributed by atoms with E-state index in [0.717, 1.165) is 16.3 Å². The molecule has 2 aromatic rings. The number of nitrogens with one attached hydrogen (secondary N) is 2. The van der Waals surface area contributed by atoms with E-state index < -0.39 is 0 Å². The fourth-order valence-electron chi connectivity index (χ4n) is 1.93. The highest BCUT2D eigenvalue weighted by Gasteiger charge is 2.19. The van der Waals surface area contributed by atoms with E-state index in [2.05, 4.69) is 15.6 Å². The lowest BCUT2D eigenvalue weighted by Crippen LogP contribution is -2.24. The lowest BCUT2D eigenvalue weighted by atomic mass is 10.3. The van der Waals surface area contributed by atoms with Gasteiger partial charge >= 0.3 is 0 Å². The third-order valence-corrected chi connectivity index (χ3v) is 5.18. The first kappa shape index (κ1) is 17.5. The van der Waals surface area contributed by atoms with Gasteiger partial charge in [0.25, 0.3) is 0 Å². The first-order valence-electron chi connectivity index (χ1n) is 7.25. The van der Waals surface area contributed by atoms with E-state index in [1.54, 1.807) is 0 Å². The van der Waals surface area contributed by atoms with Crippen molar-refractivity contribution in [3.63, 3.8) is 0 Å². The fourth-order valence-corrected chi connectivity index (χ4v) is 3.64. The molecule has 23 heavy (non-hydrogen) atoms. The smallest absolute Gasteiger partial charge is 0.239 e. The molecule has 0 bridgehead atoms. The zero-order valence-corrected chi connectivity index (χ0v) is 14.9. The summed E-state index contributed by atoms with van der Waals surface area (Å²) in [6, 6.07) is 7.49. The molecule has 2 amide bonds. The van der Waals surface area contributed by atoms with Crippen molar-refractivity contribution in [3.05, 3.63) is 35.3 Å². The maximum absolute atomic E-state index is 12.4. The Morgan fingerprint density at radius 2 is 2.13 bits per heavy atom. The number of thioether (sulfide) groups is 1. The van der Waals surface area contributed by atoms with Gasteiger partial charge in [-0.1, -0.05) is 13.0 Å². The molecule has 0 aliphatic carbocycles. The van der Waals surface area contributed by atoms with E-state index in [4.69, 9.17) is 0 Å². The van der Waals surface area contributed by atoms with Gasteiger partial charge in [0.15, 0.2) is 5.13 Å². The van der Waals surface area contributed by atoms with Gasteiger partial charge < -0.3 is 10.6 Å². The van der Waals surface area contributed by atoms with Gasteiger partial charge in [-0.05, 0) is 31.5 Å². The summed E-state index contributed by atoms with van der Waals surface area (Å²) < 4.78 is 0. The van der Waals surface area contributed by atoms with Crippen LogP contribution in [0, 0.1) is 6.92 Å². The molecule has 0 radical (unpaired) electrons. The van der Waals surface area contributed by atoms with Crippen LogP contribution >= 0.6 is 23.1 Å². The van der Waals surface area contributed by atoms with Crippen LogP contribution in [0.1, 0.15) is 26.0 Å². The second-order valence-electron chi connectivity index (χ2n) is 5.01. The van der Waals surface area contributed by atoms with Crippen LogP contribution in [-0.4, -0.2) is 22.0 Å². The Bertz CT molecular complexity index is 700. The van der Waals surface area contributed by atoms with Crippen molar-refractivity contribution in [2.45, 2.75) is 37.3 Å². The number of carbonyl (C=O) groups is 2. The van der Waals surface area contributed by atoms with Gasteiger partial charge in [-0.2, -0.15) is 0 Å². The number of aryl methyl sites for hydroxylation is 1. The molecule has 122 valence electrons. The molecule has 2 N–H and O–H groups in total. The summed E-state index contributed by atoms with van der Waals surface area (Å²) in [6.45, 7) is 5.34. The molecule has 1 atom stereocenters. The van der Waals surface area contributed by atoms with Crippen molar-refractivity contribution < 1.29 is 9.59 Å². The molecule has 1 unspecified atom stereocenters. The number of anilines is 2. The summed E-state index contributed by atoms with van der Waals surface area (Å²) in [5.74, 6) is -0.173. The molecule has 1 heterocycles. The number of rotatable bonds is 6. The van der Waals surface area contributed by atoms with Crippen LogP contribution in [0.5, 0.6) is 0 Å². The van der Waals surface area contributed by atoms with Crippen LogP contribution in [0.25, 0.3) is 0 Å². The van der Waals surface area contributed by atoms with Gasteiger partial charge in [-0.3, -0.25) is 9.59 Å². The molecule has 1 aromatic heterocycles. The third kappa shape index (κ3) is 5.37. The number of hydrogen-bond donors (Lipinski definition) is 2. The highest BCUT2D eigenvalue weighted by molar-refractivity contribution is 8.00. The van der Waals surface area contributed by atoms with E-state index in [9.17, 15) is 9.59 Å². The molecule has 0 aliphatic rings. The summed E-state index contributed by atoms with van der Waals surface area (Å²) in [5.41, 5.74) is 1.63. The number of thiazole rings is 1. The Balaban J connectivity index is 2.03. The topological polar surface area (TPSA) is 71.1 Å². The molecule has 2 rings (SSSR count). The van der Waals surface area contributed by atoms with Crippen LogP contribution in [0.2, 0.25) is 0 Å². The van der Waals surface area contributed by atoms with E-state index in [1.165, 1.54) is 30.0 Å². The van der Waals surface area contributed by atoms with Crippen molar-refractivity contribution in [1.29, 1.82) is 0 Å². The predicted molar refractivity (Wildman–Crippen MR) is 96.2 cm³/mol. The molecular formula is C16H19N3O2S2. The van der Waals surface area contributed by atoms with Crippen molar-refractivity contribution >= 4 is 45.7 Å². The van der Waals surface area contributed by atoms with Gasteiger partial charge in [-0.25, -0.2) is 4.98 Å². The number of benzene rings is 1. The van der Waals surface area contributed by atoms with Crippen LogP contribution in [0.3, 0.4) is 0 Å². The van der Waals surface area contributed by atoms with Gasteiger partial charge in [0, 0.05) is 22.9 Å². The monoisotopic (exact) mass is 349 g/mol. The summed E-state index contributed by atoms with van der Waals surface area (Å²) in [6.07, 6.45) is 0.700. The highest BCUT2D eigenvalue weighted by Crippen LogP contribution is 2.28. The molecule has 0 saturated heterocycles. The largest absolute Gasteiger partial charge is 0.326 e. The van der Waals surface area contributed by atoms with Gasteiger partial charge in [0.2, 0.25) is 11.8 Å². The summed E-state index contributed by atoms with van der Waals surface area (Å²) >= 11 is 2.90. The van der Waals surface area contributed by atoms with Crippen LogP contribution in [0.15, 0.2) is 34.5 Å². The molecule has 0 spiro atoms. The lowest BCUT2D eigenvalue weighted by molar-refractivity contribution is -0.116. The van der Waals surface area contributed by atoms with Crippen LogP contribution in [-0.2, 0) is 9.59 Å². The van der Waals surface area contributed by atoms with Crippen LogP contribution < -0.4 is 10.6 Å². The quantitative estimate of drug-likeness (QED) is 0.776. The maximum atomic E-state index is 12.4. The number of amides is 2. The van der Waals surface area contributed by atoms with Crippen molar-refractivity contribution in [2.75, 3.05) is 10.6 Å². The SMILES string of the molecule is CCC(Sc1cccc(NC(C)=O)c1)C(=O)Nc1nc(C)cs1. The molecule has 0 aliphatic heterocycles. The molecule has 5 nitrogen and oxygen atoms in total. The molecule has 0 fully saturated rings. The Morgan fingerprint density at radius 1 is 1.35 bits per heavy atom. The van der Waals surface area contributed by atoms with E-state index in [0.29, 0.717) is 11.6 Å². The average molecular weight is 349 g/mol. The standard InChI is InChI=1S/C16H19N3O2S2/c1-4-14(15(21)19-16-17-10(2)9-22-16)23-13-7-5-6-12(8-13)18-11(3)20/h5-9,14H,4H2,1-3H3,(H,18,20)(H,17,19,21). The molecule has 1 aromatic carbocycles. The lowest BCUT2D eigenvalue weighted by Gasteiger charge is -2.14. The number of nitrogens with zero attached hydrogens (tertiary/aromatic N) is 1. The summed E-state index contributed by atoms with van der Waals surface area (Å²) in [4.78, 5) is 28.7. The third-order valence-electron chi connectivity index (χ3n) is 2.95. The minimum absolute atomic E-state index is 0.0585. The fraction of sp³-hybridized carbons (Fsp3) is 0.312. The predicted octanol–water partition coefficient (Wildman–Crippen LogP) is 3.92.